The van der Waals surface area contributed by atoms with Crippen LogP contribution in [-0.2, 0) is 0 Å². The minimum absolute atomic E-state index is 0.984. The molecule has 2 atom stereocenters. The minimum Gasteiger partial charge on any atom is -0.162 e. The average molecular weight is 186 g/mol. The van der Waals surface area contributed by atoms with Crippen molar-refractivity contribution < 1.29 is 0 Å². The highest BCUT2D eigenvalue weighted by molar-refractivity contribution is 7.99. The van der Waals surface area contributed by atoms with Crippen molar-refractivity contribution in [3.05, 3.63) is 0 Å². The van der Waals surface area contributed by atoms with Crippen molar-refractivity contribution >= 4 is 11.8 Å². The molecule has 0 aromatic rings. The van der Waals surface area contributed by atoms with Crippen molar-refractivity contribution in [1.82, 2.24) is 0 Å². The highest BCUT2D eigenvalue weighted by Crippen LogP contribution is 2.29. The first kappa shape index (κ1) is 10.4. The summed E-state index contributed by atoms with van der Waals surface area (Å²) in [5, 5.41) is 0. The van der Waals surface area contributed by atoms with Crippen molar-refractivity contribution in [2.45, 2.75) is 46.0 Å². The maximum Gasteiger partial charge on any atom is -0.00366 e. The molecule has 0 radical (unpaired) electrons. The van der Waals surface area contributed by atoms with Crippen LogP contribution in [-0.4, -0.2) is 11.5 Å². The third kappa shape index (κ3) is 3.38. The fraction of sp³-hybridized carbons (Fsp3) is 1.00. The Hall–Kier alpha value is 0.350. The second-order valence-corrected chi connectivity index (χ2v) is 5.25. The van der Waals surface area contributed by atoms with E-state index in [1.165, 1.54) is 43.6 Å². The van der Waals surface area contributed by atoms with Crippen molar-refractivity contribution in [2.24, 2.45) is 11.8 Å². The summed E-state index contributed by atoms with van der Waals surface area (Å²) >= 11 is 2.18. The van der Waals surface area contributed by atoms with E-state index in [1.807, 2.05) is 0 Å². The quantitative estimate of drug-likeness (QED) is 0.629. The maximum atomic E-state index is 2.45. The molecule has 1 heteroatoms. The molecule has 0 aliphatic carbocycles. The van der Waals surface area contributed by atoms with Crippen LogP contribution in [0.5, 0.6) is 0 Å². The summed E-state index contributed by atoms with van der Waals surface area (Å²) in [7, 11) is 0. The Balaban J connectivity index is 2.32. The van der Waals surface area contributed by atoms with Crippen LogP contribution in [0.2, 0.25) is 0 Å². The molecule has 0 saturated carbocycles. The van der Waals surface area contributed by atoms with Gasteiger partial charge >= 0.3 is 0 Å². The molecule has 2 unspecified atom stereocenters. The molecular formula is C11H22S. The Labute approximate surface area is 81.5 Å². The molecule has 0 nitrogen and oxygen atoms in total. The van der Waals surface area contributed by atoms with Gasteiger partial charge in [-0.15, -0.1) is 0 Å². The van der Waals surface area contributed by atoms with Gasteiger partial charge in [-0.1, -0.05) is 33.1 Å². The Kier molecular flexibility index (Phi) is 5.13. The van der Waals surface area contributed by atoms with Crippen LogP contribution in [0.15, 0.2) is 0 Å². The second kappa shape index (κ2) is 5.90. The van der Waals surface area contributed by atoms with E-state index in [2.05, 4.69) is 25.6 Å². The average Bonchev–Trinajstić information content (AvgIpc) is 2.05. The van der Waals surface area contributed by atoms with Crippen LogP contribution in [0, 0.1) is 11.8 Å². The van der Waals surface area contributed by atoms with Crippen molar-refractivity contribution in [1.29, 1.82) is 0 Å². The number of thioether (sulfide) groups is 1. The van der Waals surface area contributed by atoms with E-state index >= 15 is 0 Å². The van der Waals surface area contributed by atoms with E-state index < -0.39 is 0 Å². The first-order valence-electron chi connectivity index (χ1n) is 5.42. The van der Waals surface area contributed by atoms with Gasteiger partial charge in [-0.05, 0) is 36.2 Å². The van der Waals surface area contributed by atoms with Crippen LogP contribution >= 0.6 is 11.8 Å². The summed E-state index contributed by atoms with van der Waals surface area (Å²) < 4.78 is 0. The van der Waals surface area contributed by atoms with Gasteiger partial charge < -0.3 is 0 Å². The molecule has 72 valence electrons. The molecule has 1 rings (SSSR count). The predicted octanol–water partition coefficient (Wildman–Crippen LogP) is 3.96. The van der Waals surface area contributed by atoms with E-state index in [1.54, 1.807) is 0 Å². The summed E-state index contributed by atoms with van der Waals surface area (Å²) in [6.07, 6.45) is 7.22. The lowest BCUT2D eigenvalue weighted by molar-refractivity contribution is 0.336. The summed E-state index contributed by atoms with van der Waals surface area (Å²) in [4.78, 5) is 0. The van der Waals surface area contributed by atoms with Gasteiger partial charge in [-0.3, -0.25) is 0 Å². The van der Waals surface area contributed by atoms with Gasteiger partial charge in [0.25, 0.3) is 0 Å². The third-order valence-corrected chi connectivity index (χ3v) is 4.24. The number of hydrogen-bond donors (Lipinski definition) is 0. The Morgan fingerprint density at radius 1 is 1.33 bits per heavy atom. The topological polar surface area (TPSA) is 0 Å². The minimum atomic E-state index is 0.984. The normalized spacial score (nSPS) is 32.5. The molecule has 12 heavy (non-hydrogen) atoms. The Morgan fingerprint density at radius 2 is 2.17 bits per heavy atom. The summed E-state index contributed by atoms with van der Waals surface area (Å²) in [6, 6.07) is 0. The molecule has 1 heterocycles. The van der Waals surface area contributed by atoms with Gasteiger partial charge in [-0.25, -0.2) is 0 Å². The lowest BCUT2D eigenvalue weighted by atomic mass is 9.87. The summed E-state index contributed by atoms with van der Waals surface area (Å²) in [6.45, 7) is 4.77. The monoisotopic (exact) mass is 186 g/mol. The first-order chi connectivity index (χ1) is 5.84. The predicted molar refractivity (Wildman–Crippen MR) is 58.7 cm³/mol. The maximum absolute atomic E-state index is 2.45. The van der Waals surface area contributed by atoms with Crippen molar-refractivity contribution in [3.63, 3.8) is 0 Å². The Morgan fingerprint density at radius 3 is 2.92 bits per heavy atom. The first-order valence-corrected chi connectivity index (χ1v) is 6.57. The fourth-order valence-corrected chi connectivity index (χ4v) is 3.42. The van der Waals surface area contributed by atoms with E-state index in [0.29, 0.717) is 0 Å². The molecule has 0 N–H and O–H groups in total. The lowest BCUT2D eigenvalue weighted by Crippen LogP contribution is -2.16. The highest BCUT2D eigenvalue weighted by atomic mass is 32.2. The lowest BCUT2D eigenvalue weighted by Gasteiger charge is -2.25. The van der Waals surface area contributed by atoms with E-state index in [4.69, 9.17) is 0 Å². The number of rotatable bonds is 2. The molecule has 0 bridgehead atoms. The van der Waals surface area contributed by atoms with Crippen molar-refractivity contribution in [3.8, 4) is 0 Å². The van der Waals surface area contributed by atoms with Gasteiger partial charge in [-0.2, -0.15) is 11.8 Å². The van der Waals surface area contributed by atoms with Crippen LogP contribution < -0.4 is 0 Å². The van der Waals surface area contributed by atoms with Gasteiger partial charge in [0.15, 0.2) is 0 Å². The van der Waals surface area contributed by atoms with Gasteiger partial charge in [0, 0.05) is 0 Å². The molecule has 0 amide bonds. The SMILES string of the molecule is CCCC1CSCCCCC1C. The summed E-state index contributed by atoms with van der Waals surface area (Å²) in [5.41, 5.74) is 0. The van der Waals surface area contributed by atoms with Crippen LogP contribution in [0.3, 0.4) is 0 Å². The second-order valence-electron chi connectivity index (χ2n) is 4.10. The molecular weight excluding hydrogens is 164 g/mol. The Bertz CT molecular complexity index is 112. The fourth-order valence-electron chi connectivity index (χ4n) is 2.04. The molecule has 1 saturated heterocycles. The van der Waals surface area contributed by atoms with Crippen molar-refractivity contribution in [2.75, 3.05) is 11.5 Å². The molecule has 0 aromatic carbocycles. The largest absolute Gasteiger partial charge is 0.162 e. The van der Waals surface area contributed by atoms with Gasteiger partial charge in [0.1, 0.15) is 0 Å². The molecule has 1 aliphatic heterocycles. The molecule has 0 aromatic heterocycles. The van der Waals surface area contributed by atoms with Gasteiger partial charge in [0.2, 0.25) is 0 Å². The zero-order valence-electron chi connectivity index (χ0n) is 8.51. The zero-order valence-corrected chi connectivity index (χ0v) is 9.33. The van der Waals surface area contributed by atoms with Crippen LogP contribution in [0.1, 0.15) is 46.0 Å². The summed E-state index contributed by atoms with van der Waals surface area (Å²) in [5.74, 6) is 4.83. The van der Waals surface area contributed by atoms with Crippen LogP contribution in [0.25, 0.3) is 0 Å². The molecule has 0 spiro atoms. The van der Waals surface area contributed by atoms with E-state index in [0.717, 1.165) is 11.8 Å². The van der Waals surface area contributed by atoms with E-state index in [9.17, 15) is 0 Å². The van der Waals surface area contributed by atoms with Crippen LogP contribution in [0.4, 0.5) is 0 Å². The molecule has 1 fully saturated rings. The number of hydrogen-bond acceptors (Lipinski definition) is 1. The van der Waals surface area contributed by atoms with E-state index in [-0.39, 0.29) is 0 Å². The molecule has 1 aliphatic rings. The highest BCUT2D eigenvalue weighted by Gasteiger charge is 2.17. The standard InChI is InChI=1S/C11H22S/c1-3-6-11-9-12-8-5-4-7-10(11)2/h10-11H,3-9H2,1-2H3. The van der Waals surface area contributed by atoms with Gasteiger partial charge in [0.05, 0.1) is 0 Å². The smallest absolute Gasteiger partial charge is 0.00366 e. The third-order valence-electron chi connectivity index (χ3n) is 2.99. The zero-order chi connectivity index (χ0) is 8.81.